The normalized spacial score (nSPS) is 18.3. The van der Waals surface area contributed by atoms with E-state index in [0.29, 0.717) is 16.3 Å². The molecule has 63 heavy (non-hydrogen) atoms. The van der Waals surface area contributed by atoms with Gasteiger partial charge in [-0.15, -0.1) is 0 Å². The van der Waals surface area contributed by atoms with Crippen molar-refractivity contribution in [3.63, 3.8) is 0 Å². The summed E-state index contributed by atoms with van der Waals surface area (Å²) in [5.41, 5.74) is -3.97. The van der Waals surface area contributed by atoms with E-state index in [-0.39, 0.29) is 55.5 Å². The second-order valence-corrected chi connectivity index (χ2v) is 14.3. The zero-order chi connectivity index (χ0) is 66.7. The van der Waals surface area contributed by atoms with Gasteiger partial charge >= 0.3 is 0 Å². The van der Waals surface area contributed by atoms with Gasteiger partial charge in [-0.3, -0.25) is 0 Å². The fourth-order valence-electron chi connectivity index (χ4n) is 8.33. The Morgan fingerprint density at radius 2 is 0.762 bits per heavy atom. The van der Waals surface area contributed by atoms with Gasteiger partial charge in [-0.05, 0) is 106 Å². The molecule has 0 bridgehead atoms. The van der Waals surface area contributed by atoms with Crippen molar-refractivity contribution in [1.82, 2.24) is 13.7 Å². The third-order valence-electron chi connectivity index (χ3n) is 11.0. The second-order valence-electron chi connectivity index (χ2n) is 14.3. The van der Waals surface area contributed by atoms with Crippen molar-refractivity contribution < 1.29 is 39.8 Å². The molecule has 10 aromatic carbocycles. The summed E-state index contributed by atoms with van der Waals surface area (Å²) in [6.45, 7) is 0. The molecule has 13 rings (SSSR count). The van der Waals surface area contributed by atoms with E-state index in [1.165, 1.54) is 28.8 Å². The standard InChI is InChI=1S/C60H39N3/c1-4-16-40(17-5-1)43-28-32-56-50(36-43)51-37-44(41-18-6-2-7-19-41)29-33-57(51)62(56)59-34-30-45(42-20-8-3-9-21-42)38-60(59)63-55-27-15-12-24-49(55)52-39-46(31-35-58(52)63)61-53-25-13-10-22-47(53)48-23-11-14-26-54(48)61/h1-39H/i1D,2D,3D,4D,5D,6D,7D,8D,9D,10D,11D,13D,14D,16D,17D,18D,19D,20D,21D,22D,23D,25D,26D,28D,29D,32D,33D,36D,37D. The highest BCUT2D eigenvalue weighted by Crippen LogP contribution is 2.43. The predicted octanol–water partition coefficient (Wildman–Crippen LogP) is 16.0. The van der Waals surface area contributed by atoms with Crippen LogP contribution < -0.4 is 0 Å². The van der Waals surface area contributed by atoms with Gasteiger partial charge < -0.3 is 13.7 Å². The Bertz CT molecular complexity index is 5340. The van der Waals surface area contributed by atoms with Crippen LogP contribution in [0.2, 0.25) is 0 Å². The number of aromatic nitrogens is 3. The lowest BCUT2D eigenvalue weighted by Gasteiger charge is -2.19. The summed E-state index contributed by atoms with van der Waals surface area (Å²) in [5, 5.41) is -0.638. The zero-order valence-electron chi connectivity index (χ0n) is 61.1. The maximum Gasteiger partial charge on any atom is 0.0709 e. The van der Waals surface area contributed by atoms with Gasteiger partial charge in [0.25, 0.3) is 0 Å². The van der Waals surface area contributed by atoms with Crippen molar-refractivity contribution in [2.75, 3.05) is 0 Å². The molecule has 0 radical (unpaired) electrons. The Kier molecular flexibility index (Phi) is 3.84. The molecule has 0 aliphatic carbocycles. The van der Waals surface area contributed by atoms with Gasteiger partial charge in [-0.1, -0.05) is 163 Å². The summed E-state index contributed by atoms with van der Waals surface area (Å²) in [5.74, 6) is 0. The number of para-hydroxylation sites is 3. The minimum absolute atomic E-state index is 0.0357. The highest BCUT2D eigenvalue weighted by Gasteiger charge is 2.22. The SMILES string of the molecule is [2H]c1c([2H])c([2H])c(-c2ccc(-n3c4c([2H])c([2H])c(-c5c([2H])c([2H])c([2H])c([2H])c5[2H])c([2H])c4c4c([2H])c(-c5c([2H])c([2H])c([2H])c([2H])c5[2H])c([2H])c([2H])c43)c(-n3c4ccccc4c4cc(-n5c6c([2H])c([2H])c([2H])c([2H])c6c6c([2H])c([2H])c([2H])c([2H])c65)ccc43)c2)c([2H])c1[2H]. The fourth-order valence-corrected chi connectivity index (χ4v) is 8.33. The first-order chi connectivity index (χ1) is 43.3. The third-order valence-corrected chi connectivity index (χ3v) is 11.0. The van der Waals surface area contributed by atoms with Crippen molar-refractivity contribution in [1.29, 1.82) is 0 Å². The van der Waals surface area contributed by atoms with Crippen LogP contribution >= 0.6 is 0 Å². The minimum atomic E-state index is -0.901. The van der Waals surface area contributed by atoms with Crippen LogP contribution in [0.5, 0.6) is 0 Å². The molecule has 0 saturated heterocycles. The van der Waals surface area contributed by atoms with Crippen molar-refractivity contribution >= 4 is 65.4 Å². The number of fused-ring (bicyclic) bond motifs is 9. The zero-order valence-corrected chi connectivity index (χ0v) is 32.1. The molecule has 0 N–H and O–H groups in total. The van der Waals surface area contributed by atoms with Gasteiger partial charge in [0.15, 0.2) is 0 Å². The molecule has 0 aliphatic rings. The number of nitrogens with zero attached hydrogens (tertiary/aromatic N) is 3. The summed E-state index contributed by atoms with van der Waals surface area (Å²) < 4.78 is 266. The Labute approximate surface area is 405 Å². The monoisotopic (exact) mass is 830 g/mol. The summed E-state index contributed by atoms with van der Waals surface area (Å²) in [4.78, 5) is 0. The summed E-state index contributed by atoms with van der Waals surface area (Å²) >= 11 is 0. The molecule has 3 aromatic heterocycles. The molecule has 3 heteroatoms. The maximum absolute atomic E-state index is 10.1. The molecule has 3 nitrogen and oxygen atoms in total. The van der Waals surface area contributed by atoms with Crippen LogP contribution in [-0.2, 0) is 0 Å². The lowest BCUT2D eigenvalue weighted by Crippen LogP contribution is -2.04. The number of rotatable bonds is 6. The van der Waals surface area contributed by atoms with Crippen LogP contribution in [0.1, 0.15) is 39.8 Å². The molecule has 0 aliphatic heterocycles. The average Bonchev–Trinajstić information content (AvgIpc) is 1.52. The van der Waals surface area contributed by atoms with Crippen LogP contribution in [0.3, 0.4) is 0 Å². The molecule has 3 heterocycles. The van der Waals surface area contributed by atoms with Crippen molar-refractivity contribution in [2.45, 2.75) is 0 Å². The molecule has 0 spiro atoms. The largest absolute Gasteiger partial charge is 0.309 e. The lowest BCUT2D eigenvalue weighted by atomic mass is 10.0. The van der Waals surface area contributed by atoms with Gasteiger partial charge in [-0.2, -0.15) is 0 Å². The third kappa shape index (κ3) is 5.53. The Morgan fingerprint density at radius 3 is 1.37 bits per heavy atom. The summed E-state index contributed by atoms with van der Waals surface area (Å²) in [6.07, 6.45) is 0. The van der Waals surface area contributed by atoms with Gasteiger partial charge in [0.2, 0.25) is 0 Å². The highest BCUT2D eigenvalue weighted by atomic mass is 15.1. The predicted molar refractivity (Wildman–Crippen MR) is 266 cm³/mol. The number of benzene rings is 10. The Morgan fingerprint density at radius 1 is 0.270 bits per heavy atom. The van der Waals surface area contributed by atoms with Gasteiger partial charge in [0.05, 0.1) is 84.2 Å². The van der Waals surface area contributed by atoms with E-state index in [2.05, 4.69) is 0 Å². The minimum Gasteiger partial charge on any atom is -0.309 e. The molecular formula is C60H39N3. The van der Waals surface area contributed by atoms with Crippen molar-refractivity contribution in [3.8, 4) is 50.4 Å². The van der Waals surface area contributed by atoms with E-state index in [4.69, 9.17) is 28.8 Å². The lowest BCUT2D eigenvalue weighted by molar-refractivity contribution is 1.09. The topological polar surface area (TPSA) is 14.8 Å². The Hall–Kier alpha value is -8.40. The fraction of sp³-hybridized carbons (Fsp3) is 0. The average molecular weight is 831 g/mol. The summed E-state index contributed by atoms with van der Waals surface area (Å²) in [7, 11) is 0. The van der Waals surface area contributed by atoms with E-state index >= 15 is 0 Å². The summed E-state index contributed by atoms with van der Waals surface area (Å²) in [6, 6.07) is -6.78. The van der Waals surface area contributed by atoms with Crippen LogP contribution in [0.15, 0.2) is 236 Å². The molecule has 0 atom stereocenters. The van der Waals surface area contributed by atoms with E-state index in [1.54, 1.807) is 41.0 Å². The highest BCUT2D eigenvalue weighted by molar-refractivity contribution is 6.14. The van der Waals surface area contributed by atoms with Gasteiger partial charge in [-0.25, -0.2) is 0 Å². The van der Waals surface area contributed by atoms with Gasteiger partial charge in [0, 0.05) is 38.0 Å². The van der Waals surface area contributed by atoms with E-state index in [9.17, 15) is 11.0 Å². The van der Waals surface area contributed by atoms with Crippen molar-refractivity contribution in [3.05, 3.63) is 236 Å². The molecular weight excluding hydrogens is 763 g/mol. The van der Waals surface area contributed by atoms with Crippen molar-refractivity contribution in [2.24, 2.45) is 0 Å². The molecule has 0 amide bonds. The number of hydrogen-bond donors (Lipinski definition) is 0. The van der Waals surface area contributed by atoms with Crippen LogP contribution in [0.4, 0.5) is 0 Å². The van der Waals surface area contributed by atoms with Crippen LogP contribution in [-0.4, -0.2) is 13.7 Å². The molecule has 0 unspecified atom stereocenters. The molecule has 294 valence electrons. The van der Waals surface area contributed by atoms with E-state index < -0.39 is 219 Å². The van der Waals surface area contributed by atoms with E-state index in [1.807, 2.05) is 0 Å². The Balaban J connectivity index is 1.23. The smallest absolute Gasteiger partial charge is 0.0709 e. The number of hydrogen-bond acceptors (Lipinski definition) is 0. The maximum atomic E-state index is 10.1. The molecule has 13 aromatic rings. The first-order valence-electron chi connectivity index (χ1n) is 33.8. The second kappa shape index (κ2) is 14.1. The van der Waals surface area contributed by atoms with Crippen LogP contribution in [0, 0.1) is 0 Å². The first kappa shape index (κ1) is 17.2. The molecule has 0 saturated carbocycles. The molecule has 0 fully saturated rings. The quantitative estimate of drug-likeness (QED) is 0.159. The van der Waals surface area contributed by atoms with Gasteiger partial charge in [0.1, 0.15) is 0 Å². The van der Waals surface area contributed by atoms with E-state index in [0.717, 1.165) is 4.57 Å². The van der Waals surface area contributed by atoms with Crippen LogP contribution in [0.25, 0.3) is 116 Å². The first-order valence-corrected chi connectivity index (χ1v) is 19.3.